The third-order valence-corrected chi connectivity index (χ3v) is 4.74. The van der Waals surface area contributed by atoms with Gasteiger partial charge in [0.15, 0.2) is 0 Å². The van der Waals surface area contributed by atoms with E-state index < -0.39 is 0 Å². The van der Waals surface area contributed by atoms with E-state index in [-0.39, 0.29) is 36.8 Å². The van der Waals surface area contributed by atoms with Crippen LogP contribution in [0.1, 0.15) is 12.8 Å². The Balaban J connectivity index is 0.00000132. The molecule has 0 aromatic carbocycles. The molecule has 0 radical (unpaired) electrons. The molecular weight excluding hydrogens is 341 g/mol. The molecular formula is C15H29Cl2N3O3. The number of amides is 1. The van der Waals surface area contributed by atoms with E-state index in [1.807, 2.05) is 4.90 Å². The molecule has 0 aliphatic carbocycles. The van der Waals surface area contributed by atoms with E-state index in [4.69, 9.17) is 9.47 Å². The van der Waals surface area contributed by atoms with Crippen molar-refractivity contribution < 1.29 is 14.3 Å². The molecule has 23 heavy (non-hydrogen) atoms. The van der Waals surface area contributed by atoms with E-state index in [1.165, 1.54) is 12.8 Å². The number of nitrogens with zero attached hydrogens (tertiary/aromatic N) is 2. The zero-order valence-electron chi connectivity index (χ0n) is 13.6. The second-order valence-electron chi connectivity index (χ2n) is 6.25. The third kappa shape index (κ3) is 6.03. The topological polar surface area (TPSA) is 54.0 Å². The molecule has 3 aliphatic heterocycles. The van der Waals surface area contributed by atoms with E-state index in [2.05, 4.69) is 10.2 Å². The average molecular weight is 370 g/mol. The van der Waals surface area contributed by atoms with Crippen molar-refractivity contribution in [3.63, 3.8) is 0 Å². The number of hydrogen-bond acceptors (Lipinski definition) is 5. The highest BCUT2D eigenvalue weighted by Crippen LogP contribution is 2.17. The summed E-state index contributed by atoms with van der Waals surface area (Å²) in [6, 6.07) is 0. The monoisotopic (exact) mass is 369 g/mol. The van der Waals surface area contributed by atoms with Gasteiger partial charge in [0.1, 0.15) is 6.10 Å². The molecule has 1 N–H and O–H groups in total. The summed E-state index contributed by atoms with van der Waals surface area (Å²) in [5.74, 6) is 0.930. The van der Waals surface area contributed by atoms with Crippen LogP contribution >= 0.6 is 24.8 Å². The highest BCUT2D eigenvalue weighted by Gasteiger charge is 2.29. The molecule has 3 fully saturated rings. The van der Waals surface area contributed by atoms with Gasteiger partial charge >= 0.3 is 0 Å². The molecule has 0 saturated carbocycles. The Morgan fingerprint density at radius 2 is 1.74 bits per heavy atom. The van der Waals surface area contributed by atoms with Crippen LogP contribution in [0.25, 0.3) is 0 Å². The Hall–Kier alpha value is -0.110. The van der Waals surface area contributed by atoms with Crippen LogP contribution in [0.15, 0.2) is 0 Å². The van der Waals surface area contributed by atoms with Crippen molar-refractivity contribution in [1.82, 2.24) is 15.1 Å². The molecule has 0 bridgehead atoms. The summed E-state index contributed by atoms with van der Waals surface area (Å²) in [4.78, 5) is 16.8. The summed E-state index contributed by atoms with van der Waals surface area (Å²) in [5.41, 5.74) is 0. The van der Waals surface area contributed by atoms with Gasteiger partial charge in [-0.1, -0.05) is 0 Å². The predicted octanol–water partition coefficient (Wildman–Crippen LogP) is 0.389. The summed E-state index contributed by atoms with van der Waals surface area (Å²) < 4.78 is 11.0. The number of piperazine rings is 1. The van der Waals surface area contributed by atoms with Gasteiger partial charge in [-0.05, 0) is 18.8 Å². The number of morpholine rings is 1. The van der Waals surface area contributed by atoms with Crippen molar-refractivity contribution in [2.45, 2.75) is 18.9 Å². The van der Waals surface area contributed by atoms with Crippen LogP contribution in [0.5, 0.6) is 0 Å². The Morgan fingerprint density at radius 3 is 2.35 bits per heavy atom. The molecule has 1 atom stereocenters. The van der Waals surface area contributed by atoms with Crippen molar-refractivity contribution in [3.8, 4) is 0 Å². The van der Waals surface area contributed by atoms with Crippen molar-refractivity contribution in [3.05, 3.63) is 0 Å². The van der Waals surface area contributed by atoms with Crippen molar-refractivity contribution in [2.75, 3.05) is 65.6 Å². The lowest BCUT2D eigenvalue weighted by molar-refractivity contribution is -0.147. The van der Waals surface area contributed by atoms with Gasteiger partial charge in [0.05, 0.1) is 6.61 Å². The van der Waals surface area contributed by atoms with E-state index in [9.17, 15) is 4.79 Å². The number of carbonyl (C=O) groups excluding carboxylic acids is 1. The fourth-order valence-electron chi connectivity index (χ4n) is 3.37. The number of halogens is 2. The molecule has 0 aromatic heterocycles. The van der Waals surface area contributed by atoms with Gasteiger partial charge in [-0.25, -0.2) is 0 Å². The molecule has 6 nitrogen and oxygen atoms in total. The molecule has 0 spiro atoms. The highest BCUT2D eigenvalue weighted by molar-refractivity contribution is 5.85. The minimum absolute atomic E-state index is 0. The summed E-state index contributed by atoms with van der Waals surface area (Å²) in [6.45, 7) is 8.78. The summed E-state index contributed by atoms with van der Waals surface area (Å²) in [6.07, 6.45) is 2.09. The lowest BCUT2D eigenvalue weighted by Crippen LogP contribution is -2.55. The number of rotatable bonds is 3. The number of nitrogens with one attached hydrogen (secondary N) is 1. The van der Waals surface area contributed by atoms with Crippen LogP contribution in [-0.2, 0) is 14.3 Å². The van der Waals surface area contributed by atoms with E-state index in [0.717, 1.165) is 58.4 Å². The summed E-state index contributed by atoms with van der Waals surface area (Å²) in [5, 5.41) is 3.22. The summed E-state index contributed by atoms with van der Waals surface area (Å²) in [7, 11) is 0. The first-order chi connectivity index (χ1) is 10.3. The first-order valence-corrected chi connectivity index (χ1v) is 8.24. The second-order valence-corrected chi connectivity index (χ2v) is 6.25. The van der Waals surface area contributed by atoms with Crippen LogP contribution in [0.4, 0.5) is 0 Å². The summed E-state index contributed by atoms with van der Waals surface area (Å²) >= 11 is 0. The van der Waals surface area contributed by atoms with Gasteiger partial charge in [-0.3, -0.25) is 9.69 Å². The Bertz CT molecular complexity index is 343. The normalized spacial score (nSPS) is 27.0. The molecule has 1 amide bonds. The van der Waals surface area contributed by atoms with Gasteiger partial charge in [-0.2, -0.15) is 0 Å². The molecule has 3 saturated heterocycles. The first-order valence-electron chi connectivity index (χ1n) is 8.24. The largest absolute Gasteiger partial charge is 0.381 e. The Kier molecular flexibility index (Phi) is 9.73. The number of ether oxygens (including phenoxy) is 2. The average Bonchev–Trinajstić information content (AvgIpc) is 2.57. The quantitative estimate of drug-likeness (QED) is 0.779. The van der Waals surface area contributed by atoms with E-state index >= 15 is 0 Å². The molecule has 3 aliphatic rings. The third-order valence-electron chi connectivity index (χ3n) is 4.74. The van der Waals surface area contributed by atoms with Gasteiger partial charge in [-0.15, -0.1) is 24.8 Å². The number of hydrogen-bond donors (Lipinski definition) is 1. The van der Waals surface area contributed by atoms with Crippen molar-refractivity contribution in [2.24, 2.45) is 5.92 Å². The van der Waals surface area contributed by atoms with Crippen LogP contribution in [0.3, 0.4) is 0 Å². The lowest BCUT2D eigenvalue weighted by atomic mass is 9.99. The lowest BCUT2D eigenvalue weighted by Gasteiger charge is -2.38. The minimum Gasteiger partial charge on any atom is -0.381 e. The molecule has 3 heterocycles. The van der Waals surface area contributed by atoms with Gasteiger partial charge in [0, 0.05) is 59.0 Å². The Labute approximate surface area is 151 Å². The maximum absolute atomic E-state index is 12.4. The van der Waals surface area contributed by atoms with Crippen LogP contribution in [0, 0.1) is 5.92 Å². The van der Waals surface area contributed by atoms with Crippen LogP contribution < -0.4 is 5.32 Å². The highest BCUT2D eigenvalue weighted by atomic mass is 35.5. The standard InChI is InChI=1S/C15H27N3O3.2ClH/c19-15(14-11-16-3-10-21-14)18-6-4-17(5-7-18)12-13-1-8-20-9-2-13;;/h13-14,16H,1-12H2;2*1H. The molecule has 8 heteroatoms. The predicted molar refractivity (Wildman–Crippen MR) is 93.7 cm³/mol. The smallest absolute Gasteiger partial charge is 0.253 e. The second kappa shape index (κ2) is 10.7. The van der Waals surface area contributed by atoms with E-state index in [1.54, 1.807) is 0 Å². The van der Waals surface area contributed by atoms with Crippen molar-refractivity contribution >= 4 is 30.7 Å². The molecule has 136 valence electrons. The fourth-order valence-corrected chi connectivity index (χ4v) is 3.37. The zero-order valence-corrected chi connectivity index (χ0v) is 15.2. The fraction of sp³-hybridized carbons (Fsp3) is 0.933. The zero-order chi connectivity index (χ0) is 14.5. The SMILES string of the molecule is Cl.Cl.O=C(C1CNCCO1)N1CCN(CC2CCOCC2)CC1. The van der Waals surface area contributed by atoms with Crippen LogP contribution in [0.2, 0.25) is 0 Å². The molecule has 3 rings (SSSR count). The van der Waals surface area contributed by atoms with Gasteiger partial charge in [0.2, 0.25) is 0 Å². The van der Waals surface area contributed by atoms with E-state index in [0.29, 0.717) is 13.2 Å². The first kappa shape index (κ1) is 20.9. The van der Waals surface area contributed by atoms with Gasteiger partial charge < -0.3 is 19.7 Å². The molecule has 1 unspecified atom stereocenters. The maximum atomic E-state index is 12.4. The number of carbonyl (C=O) groups is 1. The van der Waals surface area contributed by atoms with Crippen LogP contribution in [-0.4, -0.2) is 87.4 Å². The maximum Gasteiger partial charge on any atom is 0.253 e. The van der Waals surface area contributed by atoms with Gasteiger partial charge in [0.25, 0.3) is 5.91 Å². The minimum atomic E-state index is -0.277. The van der Waals surface area contributed by atoms with Crippen molar-refractivity contribution in [1.29, 1.82) is 0 Å². The molecule has 0 aromatic rings. The Morgan fingerprint density at radius 1 is 1.04 bits per heavy atom.